The maximum absolute atomic E-state index is 4.69. The van der Waals surface area contributed by atoms with Crippen LogP contribution in [0.4, 0.5) is 0 Å². The monoisotopic (exact) mass is 271 g/mol. The van der Waals surface area contributed by atoms with E-state index in [9.17, 15) is 0 Å². The fourth-order valence-corrected chi connectivity index (χ4v) is 2.69. The first-order chi connectivity index (χ1) is 9.69. The largest absolute Gasteiger partial charge is 0.313 e. The molecule has 1 heterocycles. The first kappa shape index (κ1) is 14.8. The summed E-state index contributed by atoms with van der Waals surface area (Å²) in [6.45, 7) is 11.5. The third-order valence-corrected chi connectivity index (χ3v) is 3.67. The second-order valence-electron chi connectivity index (χ2n) is 5.21. The molecule has 1 aromatic carbocycles. The van der Waals surface area contributed by atoms with Gasteiger partial charge in [0.15, 0.2) is 0 Å². The van der Waals surface area contributed by atoms with Crippen molar-refractivity contribution in [2.24, 2.45) is 0 Å². The molecule has 2 aromatic rings. The van der Waals surface area contributed by atoms with Crippen LogP contribution in [-0.4, -0.2) is 16.3 Å². The lowest BCUT2D eigenvalue weighted by atomic mass is 9.98. The first-order valence-electron chi connectivity index (χ1n) is 7.52. The molecule has 108 valence electrons. The minimum absolute atomic E-state index is 0.907. The molecular weight excluding hydrogens is 246 g/mol. The van der Waals surface area contributed by atoms with E-state index in [2.05, 4.69) is 62.0 Å². The van der Waals surface area contributed by atoms with Crippen molar-refractivity contribution < 1.29 is 0 Å². The molecule has 0 saturated heterocycles. The molecule has 3 heteroatoms. The molecule has 0 radical (unpaired) electrons. The van der Waals surface area contributed by atoms with Crippen LogP contribution in [0.3, 0.4) is 0 Å². The molecule has 20 heavy (non-hydrogen) atoms. The van der Waals surface area contributed by atoms with Gasteiger partial charge >= 0.3 is 0 Å². The minimum atomic E-state index is 0.907. The molecule has 0 bridgehead atoms. The van der Waals surface area contributed by atoms with E-state index in [0.29, 0.717) is 0 Å². The number of hydrogen-bond acceptors (Lipinski definition) is 2. The van der Waals surface area contributed by atoms with Gasteiger partial charge in [-0.15, -0.1) is 0 Å². The van der Waals surface area contributed by atoms with Gasteiger partial charge in [-0.25, -0.2) is 0 Å². The van der Waals surface area contributed by atoms with E-state index in [1.165, 1.54) is 22.4 Å². The SMILES string of the molecule is CCCn1nc(C)c(-c2ccccc2CNCC)c1C. The third kappa shape index (κ3) is 2.93. The number of aromatic nitrogens is 2. The van der Waals surface area contributed by atoms with Crippen molar-refractivity contribution in [2.75, 3.05) is 6.54 Å². The summed E-state index contributed by atoms with van der Waals surface area (Å²) >= 11 is 0. The summed E-state index contributed by atoms with van der Waals surface area (Å²) in [6, 6.07) is 8.63. The van der Waals surface area contributed by atoms with E-state index in [0.717, 1.165) is 31.7 Å². The number of nitrogens with zero attached hydrogens (tertiary/aromatic N) is 2. The third-order valence-electron chi connectivity index (χ3n) is 3.67. The number of nitrogens with one attached hydrogen (secondary N) is 1. The van der Waals surface area contributed by atoms with Crippen LogP contribution in [-0.2, 0) is 13.1 Å². The normalized spacial score (nSPS) is 11.0. The molecule has 3 nitrogen and oxygen atoms in total. The smallest absolute Gasteiger partial charge is 0.0675 e. The number of benzene rings is 1. The average molecular weight is 271 g/mol. The summed E-state index contributed by atoms with van der Waals surface area (Å²) in [4.78, 5) is 0. The second-order valence-corrected chi connectivity index (χ2v) is 5.21. The minimum Gasteiger partial charge on any atom is -0.313 e. The summed E-state index contributed by atoms with van der Waals surface area (Å²) in [5, 5.41) is 8.11. The molecule has 0 saturated carbocycles. The predicted molar refractivity (Wildman–Crippen MR) is 84.8 cm³/mol. The zero-order valence-corrected chi connectivity index (χ0v) is 13.0. The zero-order valence-electron chi connectivity index (χ0n) is 13.0. The van der Waals surface area contributed by atoms with Crippen molar-refractivity contribution in [3.8, 4) is 11.1 Å². The molecule has 1 aromatic heterocycles. The highest BCUT2D eigenvalue weighted by Gasteiger charge is 2.15. The molecule has 0 unspecified atom stereocenters. The van der Waals surface area contributed by atoms with Crippen molar-refractivity contribution in [2.45, 2.75) is 47.2 Å². The Hall–Kier alpha value is -1.61. The molecule has 0 spiro atoms. The molecular formula is C17H25N3. The van der Waals surface area contributed by atoms with Gasteiger partial charge in [0.2, 0.25) is 0 Å². The maximum atomic E-state index is 4.69. The summed E-state index contributed by atoms with van der Waals surface area (Å²) in [6.07, 6.45) is 1.11. The Bertz CT molecular complexity index is 570. The van der Waals surface area contributed by atoms with E-state index in [4.69, 9.17) is 5.10 Å². The summed E-state index contributed by atoms with van der Waals surface area (Å²) in [5.74, 6) is 0. The number of hydrogen-bond donors (Lipinski definition) is 1. The lowest BCUT2D eigenvalue weighted by Gasteiger charge is -2.11. The van der Waals surface area contributed by atoms with Crippen LogP contribution in [0.1, 0.15) is 37.2 Å². The molecule has 0 aliphatic heterocycles. The quantitative estimate of drug-likeness (QED) is 0.868. The van der Waals surface area contributed by atoms with Crippen LogP contribution in [0, 0.1) is 13.8 Å². The first-order valence-corrected chi connectivity index (χ1v) is 7.52. The van der Waals surface area contributed by atoms with Crippen molar-refractivity contribution in [1.82, 2.24) is 15.1 Å². The Labute approximate surface area is 122 Å². The van der Waals surface area contributed by atoms with Crippen molar-refractivity contribution in [1.29, 1.82) is 0 Å². The van der Waals surface area contributed by atoms with Gasteiger partial charge in [-0.05, 0) is 37.9 Å². The van der Waals surface area contributed by atoms with Gasteiger partial charge in [-0.2, -0.15) is 5.10 Å². The van der Waals surface area contributed by atoms with Crippen LogP contribution in [0.2, 0.25) is 0 Å². The Morgan fingerprint density at radius 3 is 2.60 bits per heavy atom. The van der Waals surface area contributed by atoms with Crippen LogP contribution in [0.5, 0.6) is 0 Å². The van der Waals surface area contributed by atoms with Crippen LogP contribution < -0.4 is 5.32 Å². The molecule has 2 rings (SSSR count). The molecule has 0 fully saturated rings. The Morgan fingerprint density at radius 2 is 1.90 bits per heavy atom. The molecule has 0 aliphatic rings. The van der Waals surface area contributed by atoms with E-state index in [1.54, 1.807) is 0 Å². The lowest BCUT2D eigenvalue weighted by molar-refractivity contribution is 0.583. The highest BCUT2D eigenvalue weighted by Crippen LogP contribution is 2.30. The topological polar surface area (TPSA) is 29.9 Å². The fraction of sp³-hybridized carbons (Fsp3) is 0.471. The molecule has 0 aliphatic carbocycles. The number of aryl methyl sites for hydroxylation is 2. The standard InChI is InChI=1S/C17H25N3/c1-5-11-20-14(4)17(13(3)19-20)16-10-8-7-9-15(16)12-18-6-2/h7-10,18H,5-6,11-12H2,1-4H3. The molecule has 0 amide bonds. The van der Waals surface area contributed by atoms with Gasteiger partial charge in [0.05, 0.1) is 5.69 Å². The molecule has 1 N–H and O–H groups in total. The van der Waals surface area contributed by atoms with Crippen molar-refractivity contribution in [3.63, 3.8) is 0 Å². The Kier molecular flexibility index (Phi) is 4.96. The van der Waals surface area contributed by atoms with Crippen LogP contribution >= 0.6 is 0 Å². The van der Waals surface area contributed by atoms with Crippen LogP contribution in [0.25, 0.3) is 11.1 Å². The highest BCUT2D eigenvalue weighted by atomic mass is 15.3. The predicted octanol–water partition coefficient (Wildman–Crippen LogP) is 3.69. The van der Waals surface area contributed by atoms with E-state index < -0.39 is 0 Å². The van der Waals surface area contributed by atoms with Crippen molar-refractivity contribution >= 4 is 0 Å². The average Bonchev–Trinajstić information content (AvgIpc) is 2.72. The Morgan fingerprint density at radius 1 is 1.15 bits per heavy atom. The maximum Gasteiger partial charge on any atom is 0.0675 e. The van der Waals surface area contributed by atoms with E-state index in [-0.39, 0.29) is 0 Å². The summed E-state index contributed by atoms with van der Waals surface area (Å²) < 4.78 is 2.13. The second kappa shape index (κ2) is 6.71. The summed E-state index contributed by atoms with van der Waals surface area (Å²) in [5.41, 5.74) is 6.35. The fourth-order valence-electron chi connectivity index (χ4n) is 2.69. The van der Waals surface area contributed by atoms with Gasteiger partial charge in [-0.3, -0.25) is 4.68 Å². The van der Waals surface area contributed by atoms with Crippen LogP contribution in [0.15, 0.2) is 24.3 Å². The van der Waals surface area contributed by atoms with Gasteiger partial charge in [0, 0.05) is 24.3 Å². The van der Waals surface area contributed by atoms with E-state index >= 15 is 0 Å². The summed E-state index contributed by atoms with van der Waals surface area (Å²) in [7, 11) is 0. The van der Waals surface area contributed by atoms with Gasteiger partial charge in [0.25, 0.3) is 0 Å². The van der Waals surface area contributed by atoms with Gasteiger partial charge in [0.1, 0.15) is 0 Å². The molecule has 0 atom stereocenters. The number of rotatable bonds is 6. The van der Waals surface area contributed by atoms with Gasteiger partial charge < -0.3 is 5.32 Å². The van der Waals surface area contributed by atoms with Crippen molar-refractivity contribution in [3.05, 3.63) is 41.2 Å². The van der Waals surface area contributed by atoms with Gasteiger partial charge in [-0.1, -0.05) is 38.1 Å². The Balaban J connectivity index is 2.46. The van der Waals surface area contributed by atoms with E-state index in [1.807, 2.05) is 0 Å². The lowest BCUT2D eigenvalue weighted by Crippen LogP contribution is -2.12. The highest BCUT2D eigenvalue weighted by molar-refractivity contribution is 5.71. The zero-order chi connectivity index (χ0) is 14.5.